The molecule has 1 saturated heterocycles. The average Bonchev–Trinajstić information content (AvgIpc) is 2.43. The van der Waals surface area contributed by atoms with Crippen molar-refractivity contribution in [3.8, 4) is 0 Å². The Kier molecular flexibility index (Phi) is 9.54. The Labute approximate surface area is 121 Å². The minimum absolute atomic E-state index is 0.551. The summed E-state index contributed by atoms with van der Waals surface area (Å²) in [4.78, 5) is 0. The fourth-order valence-electron chi connectivity index (χ4n) is 3.40. The van der Waals surface area contributed by atoms with Gasteiger partial charge in [-0.25, -0.2) is 0 Å². The smallest absolute Gasteiger partial charge is 0.00200 e. The molecule has 1 atom stereocenters. The van der Waals surface area contributed by atoms with Crippen molar-refractivity contribution in [3.63, 3.8) is 0 Å². The van der Waals surface area contributed by atoms with Gasteiger partial charge in [0, 0.05) is 13.1 Å². The molecule has 19 heavy (non-hydrogen) atoms. The van der Waals surface area contributed by atoms with Gasteiger partial charge in [0.25, 0.3) is 0 Å². The van der Waals surface area contributed by atoms with Crippen LogP contribution in [0.3, 0.4) is 0 Å². The van der Waals surface area contributed by atoms with Gasteiger partial charge in [0.1, 0.15) is 0 Å². The average molecular weight is 268 g/mol. The van der Waals surface area contributed by atoms with Crippen LogP contribution in [0.15, 0.2) is 0 Å². The topological polar surface area (TPSA) is 24.1 Å². The largest absolute Gasteiger partial charge is 0.316 e. The van der Waals surface area contributed by atoms with Gasteiger partial charge in [-0.15, -0.1) is 0 Å². The predicted molar refractivity (Wildman–Crippen MR) is 85.7 cm³/mol. The monoisotopic (exact) mass is 268 g/mol. The third kappa shape index (κ3) is 7.31. The molecule has 0 aromatic heterocycles. The van der Waals surface area contributed by atoms with Gasteiger partial charge in [0.2, 0.25) is 0 Å². The number of hydrogen-bond acceptors (Lipinski definition) is 2. The van der Waals surface area contributed by atoms with Crippen molar-refractivity contribution in [2.45, 2.75) is 78.1 Å². The molecular weight excluding hydrogens is 232 g/mol. The van der Waals surface area contributed by atoms with Crippen molar-refractivity contribution in [1.29, 1.82) is 0 Å². The zero-order valence-electron chi connectivity index (χ0n) is 13.4. The zero-order chi connectivity index (χ0) is 13.8. The van der Waals surface area contributed by atoms with Gasteiger partial charge < -0.3 is 10.6 Å². The van der Waals surface area contributed by atoms with Gasteiger partial charge in [0.15, 0.2) is 0 Å². The molecule has 0 aliphatic carbocycles. The van der Waals surface area contributed by atoms with Crippen LogP contribution in [0.1, 0.15) is 78.1 Å². The molecule has 1 unspecified atom stereocenters. The van der Waals surface area contributed by atoms with Crippen molar-refractivity contribution in [3.05, 3.63) is 0 Å². The Balaban J connectivity index is 2.05. The Bertz CT molecular complexity index is 192. The predicted octanol–water partition coefficient (Wildman–Crippen LogP) is 4.11. The normalized spacial score (nSPS) is 23.7. The molecule has 2 heteroatoms. The van der Waals surface area contributed by atoms with Crippen molar-refractivity contribution >= 4 is 0 Å². The highest BCUT2D eigenvalue weighted by Crippen LogP contribution is 2.30. The van der Waals surface area contributed by atoms with E-state index < -0.39 is 0 Å². The van der Waals surface area contributed by atoms with E-state index in [1.54, 1.807) is 0 Å². The second-order valence-corrected chi connectivity index (χ2v) is 6.47. The van der Waals surface area contributed by atoms with Gasteiger partial charge >= 0.3 is 0 Å². The lowest BCUT2D eigenvalue weighted by Crippen LogP contribution is -2.46. The van der Waals surface area contributed by atoms with Crippen LogP contribution >= 0.6 is 0 Å². The number of rotatable bonds is 11. The molecule has 2 nitrogen and oxygen atoms in total. The Hall–Kier alpha value is -0.0800. The highest BCUT2D eigenvalue weighted by atomic mass is 14.9. The SMILES string of the molecule is CCCCCCCCNCC1(CCC)CCCNC1. The van der Waals surface area contributed by atoms with Gasteiger partial charge in [-0.05, 0) is 44.2 Å². The molecule has 114 valence electrons. The number of nitrogens with one attached hydrogen (secondary N) is 2. The summed E-state index contributed by atoms with van der Waals surface area (Å²) in [5.74, 6) is 0. The lowest BCUT2D eigenvalue weighted by Gasteiger charge is -2.38. The van der Waals surface area contributed by atoms with Gasteiger partial charge in [-0.1, -0.05) is 52.4 Å². The van der Waals surface area contributed by atoms with Crippen LogP contribution in [0.2, 0.25) is 0 Å². The maximum atomic E-state index is 3.73. The molecule has 0 spiro atoms. The molecule has 0 saturated carbocycles. The Morgan fingerprint density at radius 2 is 1.79 bits per heavy atom. The zero-order valence-corrected chi connectivity index (χ0v) is 13.4. The van der Waals surface area contributed by atoms with Crippen molar-refractivity contribution < 1.29 is 0 Å². The van der Waals surface area contributed by atoms with E-state index >= 15 is 0 Å². The summed E-state index contributed by atoms with van der Waals surface area (Å²) in [6.07, 6.45) is 13.9. The quantitative estimate of drug-likeness (QED) is 0.551. The molecule has 1 fully saturated rings. The van der Waals surface area contributed by atoms with Crippen LogP contribution < -0.4 is 10.6 Å². The van der Waals surface area contributed by atoms with Gasteiger partial charge in [-0.3, -0.25) is 0 Å². The fraction of sp³-hybridized carbons (Fsp3) is 1.00. The summed E-state index contributed by atoms with van der Waals surface area (Å²) in [5, 5.41) is 7.33. The lowest BCUT2D eigenvalue weighted by atomic mass is 9.77. The molecule has 0 radical (unpaired) electrons. The first kappa shape index (κ1) is 17.0. The minimum atomic E-state index is 0.551. The molecule has 1 aliphatic rings. The molecule has 1 rings (SSSR count). The highest BCUT2D eigenvalue weighted by molar-refractivity contribution is 4.87. The van der Waals surface area contributed by atoms with Crippen molar-refractivity contribution in [1.82, 2.24) is 10.6 Å². The second-order valence-electron chi connectivity index (χ2n) is 6.47. The van der Waals surface area contributed by atoms with E-state index in [4.69, 9.17) is 0 Å². The third-order valence-corrected chi connectivity index (χ3v) is 4.55. The third-order valence-electron chi connectivity index (χ3n) is 4.55. The van der Waals surface area contributed by atoms with Crippen LogP contribution in [-0.4, -0.2) is 26.2 Å². The summed E-state index contributed by atoms with van der Waals surface area (Å²) in [6.45, 7) is 9.50. The molecule has 1 heterocycles. The second kappa shape index (κ2) is 10.7. The first-order valence-corrected chi connectivity index (χ1v) is 8.74. The molecule has 0 bridgehead atoms. The van der Waals surface area contributed by atoms with E-state index in [0.717, 1.165) is 0 Å². The number of piperidine rings is 1. The van der Waals surface area contributed by atoms with Gasteiger partial charge in [0.05, 0.1) is 0 Å². The molecular formula is C17H36N2. The summed E-state index contributed by atoms with van der Waals surface area (Å²) in [6, 6.07) is 0. The molecule has 0 aromatic rings. The minimum Gasteiger partial charge on any atom is -0.316 e. The molecule has 0 amide bonds. The van der Waals surface area contributed by atoms with E-state index in [2.05, 4.69) is 24.5 Å². The lowest BCUT2D eigenvalue weighted by molar-refractivity contribution is 0.183. The summed E-state index contributed by atoms with van der Waals surface area (Å²) >= 11 is 0. The van der Waals surface area contributed by atoms with E-state index in [-0.39, 0.29) is 0 Å². The fourth-order valence-corrected chi connectivity index (χ4v) is 3.40. The van der Waals surface area contributed by atoms with Crippen LogP contribution in [-0.2, 0) is 0 Å². The Morgan fingerprint density at radius 1 is 1.00 bits per heavy atom. The molecule has 2 N–H and O–H groups in total. The number of hydrogen-bond donors (Lipinski definition) is 2. The highest BCUT2D eigenvalue weighted by Gasteiger charge is 2.30. The first-order chi connectivity index (χ1) is 9.33. The Morgan fingerprint density at radius 3 is 2.47 bits per heavy atom. The van der Waals surface area contributed by atoms with Gasteiger partial charge in [-0.2, -0.15) is 0 Å². The van der Waals surface area contributed by atoms with E-state index in [9.17, 15) is 0 Å². The summed E-state index contributed by atoms with van der Waals surface area (Å²) in [5.41, 5.74) is 0.551. The molecule has 0 aromatic carbocycles. The van der Waals surface area contributed by atoms with E-state index in [1.807, 2.05) is 0 Å². The van der Waals surface area contributed by atoms with Crippen LogP contribution in [0, 0.1) is 5.41 Å². The first-order valence-electron chi connectivity index (χ1n) is 8.74. The maximum absolute atomic E-state index is 3.73. The van der Waals surface area contributed by atoms with Crippen LogP contribution in [0.5, 0.6) is 0 Å². The van der Waals surface area contributed by atoms with E-state index in [0.29, 0.717) is 5.41 Å². The van der Waals surface area contributed by atoms with E-state index in [1.165, 1.54) is 90.4 Å². The van der Waals surface area contributed by atoms with Crippen molar-refractivity contribution in [2.24, 2.45) is 5.41 Å². The number of unbranched alkanes of at least 4 members (excludes halogenated alkanes) is 5. The van der Waals surface area contributed by atoms with Crippen LogP contribution in [0.25, 0.3) is 0 Å². The molecule has 1 aliphatic heterocycles. The summed E-state index contributed by atoms with van der Waals surface area (Å²) < 4.78 is 0. The van der Waals surface area contributed by atoms with Crippen LogP contribution in [0.4, 0.5) is 0 Å². The summed E-state index contributed by atoms with van der Waals surface area (Å²) in [7, 11) is 0. The maximum Gasteiger partial charge on any atom is 0.00200 e. The standard InChI is InChI=1S/C17H36N2/c1-3-5-6-7-8-9-13-18-15-17(11-4-2)12-10-14-19-16-17/h18-19H,3-16H2,1-2H3. The van der Waals surface area contributed by atoms with Crippen molar-refractivity contribution in [2.75, 3.05) is 26.2 Å².